The molecule has 78 valence electrons. The van der Waals surface area contributed by atoms with Crippen LogP contribution in [0.2, 0.25) is 0 Å². The van der Waals surface area contributed by atoms with Gasteiger partial charge in [0.15, 0.2) is 0 Å². The van der Waals surface area contributed by atoms with Crippen LogP contribution in [-0.2, 0) is 0 Å². The SMILES string of the molecule is CCC(O)CCNc1cccc(Br)n1. The molecule has 3 nitrogen and oxygen atoms in total. The van der Waals surface area contributed by atoms with Crippen molar-refractivity contribution in [2.45, 2.75) is 25.9 Å². The van der Waals surface area contributed by atoms with Crippen LogP contribution in [0.15, 0.2) is 22.8 Å². The van der Waals surface area contributed by atoms with Gasteiger partial charge in [0.2, 0.25) is 0 Å². The number of rotatable bonds is 5. The Hall–Kier alpha value is -0.610. The van der Waals surface area contributed by atoms with E-state index in [-0.39, 0.29) is 6.10 Å². The van der Waals surface area contributed by atoms with E-state index in [1.165, 1.54) is 0 Å². The summed E-state index contributed by atoms with van der Waals surface area (Å²) in [5.74, 6) is 0.836. The number of anilines is 1. The lowest BCUT2D eigenvalue weighted by Crippen LogP contribution is -2.12. The fourth-order valence-electron chi connectivity index (χ4n) is 1.08. The minimum absolute atomic E-state index is 0.213. The molecule has 0 spiro atoms. The number of pyridine rings is 1. The van der Waals surface area contributed by atoms with Crippen molar-refractivity contribution < 1.29 is 5.11 Å². The second-order valence-corrected chi connectivity index (χ2v) is 3.94. The van der Waals surface area contributed by atoms with Gasteiger partial charge in [0.25, 0.3) is 0 Å². The van der Waals surface area contributed by atoms with Gasteiger partial charge in [-0.1, -0.05) is 13.0 Å². The molecule has 0 saturated heterocycles. The van der Waals surface area contributed by atoms with Crippen LogP contribution in [0, 0.1) is 0 Å². The molecule has 0 fully saturated rings. The fraction of sp³-hybridized carbons (Fsp3) is 0.500. The van der Waals surface area contributed by atoms with Crippen molar-refractivity contribution >= 4 is 21.7 Å². The second kappa shape index (κ2) is 5.98. The summed E-state index contributed by atoms with van der Waals surface area (Å²) in [6.07, 6.45) is 1.34. The van der Waals surface area contributed by atoms with Crippen molar-refractivity contribution in [3.8, 4) is 0 Å². The number of halogens is 1. The number of hydrogen-bond acceptors (Lipinski definition) is 3. The second-order valence-electron chi connectivity index (χ2n) is 3.12. The molecule has 1 rings (SSSR count). The lowest BCUT2D eigenvalue weighted by atomic mass is 10.2. The van der Waals surface area contributed by atoms with E-state index in [0.29, 0.717) is 0 Å². The van der Waals surface area contributed by atoms with Crippen LogP contribution in [0.3, 0.4) is 0 Å². The summed E-state index contributed by atoms with van der Waals surface area (Å²) in [5.41, 5.74) is 0. The first-order valence-electron chi connectivity index (χ1n) is 4.77. The maximum atomic E-state index is 9.32. The molecule has 0 bridgehead atoms. The van der Waals surface area contributed by atoms with Crippen molar-refractivity contribution in [2.24, 2.45) is 0 Å². The maximum absolute atomic E-state index is 9.32. The van der Waals surface area contributed by atoms with E-state index >= 15 is 0 Å². The Bertz CT molecular complexity index is 281. The third-order valence-electron chi connectivity index (χ3n) is 1.97. The van der Waals surface area contributed by atoms with E-state index < -0.39 is 0 Å². The predicted molar refractivity (Wildman–Crippen MR) is 61.3 cm³/mol. The number of aliphatic hydroxyl groups excluding tert-OH is 1. The van der Waals surface area contributed by atoms with Gasteiger partial charge >= 0.3 is 0 Å². The van der Waals surface area contributed by atoms with E-state index in [9.17, 15) is 5.11 Å². The monoisotopic (exact) mass is 258 g/mol. The molecule has 1 atom stereocenters. The molecule has 1 heterocycles. The normalized spacial score (nSPS) is 12.5. The average molecular weight is 259 g/mol. The number of nitrogens with one attached hydrogen (secondary N) is 1. The van der Waals surface area contributed by atoms with Crippen LogP contribution in [0.5, 0.6) is 0 Å². The summed E-state index contributed by atoms with van der Waals surface area (Å²) in [5, 5.41) is 12.5. The third-order valence-corrected chi connectivity index (χ3v) is 2.41. The third kappa shape index (κ3) is 4.07. The summed E-state index contributed by atoms with van der Waals surface area (Å²) >= 11 is 3.30. The standard InChI is InChI=1S/C10H15BrN2O/c1-2-8(14)6-7-12-10-5-3-4-9(11)13-10/h3-5,8,14H,2,6-7H2,1H3,(H,12,13). The van der Waals surface area contributed by atoms with Gasteiger partial charge in [0, 0.05) is 6.54 Å². The summed E-state index contributed by atoms with van der Waals surface area (Å²) in [7, 11) is 0. The van der Waals surface area contributed by atoms with E-state index in [1.807, 2.05) is 25.1 Å². The topological polar surface area (TPSA) is 45.1 Å². The predicted octanol–water partition coefficient (Wildman–Crippen LogP) is 2.42. The minimum Gasteiger partial charge on any atom is -0.393 e. The average Bonchev–Trinajstić information content (AvgIpc) is 2.17. The Morgan fingerprint density at radius 2 is 2.36 bits per heavy atom. The Morgan fingerprint density at radius 3 is 3.00 bits per heavy atom. The van der Waals surface area contributed by atoms with Gasteiger partial charge in [-0.2, -0.15) is 0 Å². The number of aliphatic hydroxyl groups is 1. The van der Waals surface area contributed by atoms with Gasteiger partial charge in [-0.15, -0.1) is 0 Å². The summed E-state index contributed by atoms with van der Waals surface area (Å²) in [6, 6.07) is 5.71. The Kier molecular flexibility index (Phi) is 4.90. The minimum atomic E-state index is -0.213. The van der Waals surface area contributed by atoms with E-state index in [0.717, 1.165) is 29.8 Å². The highest BCUT2D eigenvalue weighted by molar-refractivity contribution is 9.10. The number of nitrogens with zero attached hydrogens (tertiary/aromatic N) is 1. The lowest BCUT2D eigenvalue weighted by Gasteiger charge is -2.09. The molecule has 1 aromatic heterocycles. The van der Waals surface area contributed by atoms with Crippen molar-refractivity contribution in [3.63, 3.8) is 0 Å². The molecule has 1 unspecified atom stereocenters. The largest absolute Gasteiger partial charge is 0.393 e. The van der Waals surface area contributed by atoms with E-state index in [4.69, 9.17) is 0 Å². The molecular weight excluding hydrogens is 244 g/mol. The van der Waals surface area contributed by atoms with E-state index in [1.54, 1.807) is 0 Å². The molecule has 0 aromatic carbocycles. The molecule has 0 aliphatic rings. The molecule has 4 heteroatoms. The zero-order valence-electron chi connectivity index (χ0n) is 8.20. The van der Waals surface area contributed by atoms with Crippen molar-refractivity contribution in [2.75, 3.05) is 11.9 Å². The molecule has 0 radical (unpaired) electrons. The van der Waals surface area contributed by atoms with Gasteiger partial charge in [-0.25, -0.2) is 4.98 Å². The number of hydrogen-bond donors (Lipinski definition) is 2. The van der Waals surface area contributed by atoms with Crippen LogP contribution < -0.4 is 5.32 Å². The number of aromatic nitrogens is 1. The van der Waals surface area contributed by atoms with Crippen LogP contribution in [0.4, 0.5) is 5.82 Å². The van der Waals surface area contributed by atoms with Crippen molar-refractivity contribution in [1.82, 2.24) is 4.98 Å². The molecule has 1 aromatic rings. The molecule has 0 aliphatic carbocycles. The van der Waals surface area contributed by atoms with Crippen LogP contribution in [0.25, 0.3) is 0 Å². The molecule has 0 amide bonds. The summed E-state index contributed by atoms with van der Waals surface area (Å²) in [4.78, 5) is 4.22. The maximum Gasteiger partial charge on any atom is 0.127 e. The van der Waals surface area contributed by atoms with Crippen LogP contribution >= 0.6 is 15.9 Å². The molecular formula is C10H15BrN2O. The Labute approximate surface area is 92.7 Å². The lowest BCUT2D eigenvalue weighted by molar-refractivity contribution is 0.164. The first kappa shape index (κ1) is 11.5. The van der Waals surface area contributed by atoms with E-state index in [2.05, 4.69) is 26.2 Å². The van der Waals surface area contributed by atoms with Crippen LogP contribution in [0.1, 0.15) is 19.8 Å². The molecule has 14 heavy (non-hydrogen) atoms. The van der Waals surface area contributed by atoms with Gasteiger partial charge in [0.1, 0.15) is 10.4 Å². The first-order valence-corrected chi connectivity index (χ1v) is 5.56. The van der Waals surface area contributed by atoms with Gasteiger partial charge < -0.3 is 10.4 Å². The zero-order valence-corrected chi connectivity index (χ0v) is 9.79. The first-order chi connectivity index (χ1) is 6.72. The van der Waals surface area contributed by atoms with Crippen LogP contribution in [-0.4, -0.2) is 22.7 Å². The molecule has 0 saturated carbocycles. The Morgan fingerprint density at radius 1 is 1.57 bits per heavy atom. The fourth-order valence-corrected chi connectivity index (χ4v) is 1.42. The quantitative estimate of drug-likeness (QED) is 0.798. The summed E-state index contributed by atoms with van der Waals surface area (Å²) in [6.45, 7) is 2.72. The molecule has 2 N–H and O–H groups in total. The van der Waals surface area contributed by atoms with Crippen molar-refractivity contribution in [1.29, 1.82) is 0 Å². The highest BCUT2D eigenvalue weighted by Gasteiger charge is 2.00. The smallest absolute Gasteiger partial charge is 0.127 e. The highest BCUT2D eigenvalue weighted by atomic mass is 79.9. The van der Waals surface area contributed by atoms with Gasteiger partial charge in [-0.05, 0) is 40.9 Å². The van der Waals surface area contributed by atoms with Gasteiger partial charge in [0.05, 0.1) is 6.10 Å². The summed E-state index contributed by atoms with van der Waals surface area (Å²) < 4.78 is 0.818. The van der Waals surface area contributed by atoms with Crippen molar-refractivity contribution in [3.05, 3.63) is 22.8 Å². The highest BCUT2D eigenvalue weighted by Crippen LogP contribution is 2.10. The zero-order chi connectivity index (χ0) is 10.4. The molecule has 0 aliphatic heterocycles. The van der Waals surface area contributed by atoms with Gasteiger partial charge in [-0.3, -0.25) is 0 Å². The Balaban J connectivity index is 2.31.